The first-order valence-electron chi connectivity index (χ1n) is 5.18. The molecule has 1 unspecified atom stereocenters. The minimum Gasteiger partial charge on any atom is -0.740 e. The number of rotatable bonds is 4. The van der Waals surface area contributed by atoms with E-state index >= 15 is 0 Å². The Bertz CT molecular complexity index is 701. The first kappa shape index (κ1) is 18.0. The Morgan fingerprint density at radius 3 is 2.10 bits per heavy atom. The van der Waals surface area contributed by atoms with Crippen LogP contribution in [0.4, 0.5) is 0 Å². The molecule has 0 heterocycles. The Hall–Kier alpha value is -0.0636. The quantitative estimate of drug-likeness (QED) is 0.512. The van der Waals surface area contributed by atoms with Crippen molar-refractivity contribution in [1.29, 1.82) is 0 Å². The van der Waals surface area contributed by atoms with Crippen LogP contribution in [-0.4, -0.2) is 17.2 Å². The van der Waals surface area contributed by atoms with E-state index in [0.29, 0.717) is 0 Å². The predicted molar refractivity (Wildman–Crippen MR) is 67.9 cm³/mol. The maximum absolute atomic E-state index is 12.4. The third-order valence-electron chi connectivity index (χ3n) is 2.35. The van der Waals surface area contributed by atoms with Crippen LogP contribution in [0.2, 0.25) is 0 Å². The molecular formula is C12H9KO5S2. The number of sulfone groups is 1. The van der Waals surface area contributed by atoms with Gasteiger partial charge in [0.05, 0.1) is 4.90 Å². The molecule has 0 spiro atoms. The van der Waals surface area contributed by atoms with Crippen LogP contribution in [0.15, 0.2) is 64.4 Å². The van der Waals surface area contributed by atoms with Gasteiger partial charge < -0.3 is 8.74 Å². The Kier molecular flexibility index (Phi) is 7.02. The Labute approximate surface area is 162 Å². The molecule has 0 saturated heterocycles. The number of para-hydroxylation sites is 1. The van der Waals surface area contributed by atoms with Crippen molar-refractivity contribution < 1.29 is 72.7 Å². The van der Waals surface area contributed by atoms with Crippen LogP contribution in [0.1, 0.15) is 0 Å². The third kappa shape index (κ3) is 4.22. The average molecular weight is 336 g/mol. The summed E-state index contributed by atoms with van der Waals surface area (Å²) in [6.45, 7) is 0. The van der Waals surface area contributed by atoms with Gasteiger partial charge >= 0.3 is 51.4 Å². The Morgan fingerprint density at radius 1 is 0.950 bits per heavy atom. The molecule has 0 aliphatic carbocycles. The van der Waals surface area contributed by atoms with Gasteiger partial charge in [-0.3, -0.25) is 0 Å². The van der Waals surface area contributed by atoms with Crippen molar-refractivity contribution in [2.45, 2.75) is 9.79 Å². The maximum Gasteiger partial charge on any atom is 1.00 e. The largest absolute Gasteiger partial charge is 1.00 e. The van der Waals surface area contributed by atoms with Gasteiger partial charge in [-0.1, -0.05) is 30.3 Å². The summed E-state index contributed by atoms with van der Waals surface area (Å²) < 4.78 is 50.3. The fourth-order valence-electron chi connectivity index (χ4n) is 1.54. The Balaban J connectivity index is 0.00000200. The van der Waals surface area contributed by atoms with E-state index in [1.165, 1.54) is 36.4 Å². The molecule has 2 rings (SSSR count). The molecule has 0 bridgehead atoms. The van der Waals surface area contributed by atoms with Crippen LogP contribution in [-0.2, 0) is 21.2 Å². The van der Waals surface area contributed by atoms with Crippen molar-refractivity contribution in [3.8, 4) is 5.75 Å². The van der Waals surface area contributed by atoms with Crippen molar-refractivity contribution in [2.24, 2.45) is 0 Å². The number of hydrogen-bond donors (Lipinski definition) is 0. The van der Waals surface area contributed by atoms with Crippen molar-refractivity contribution in [2.75, 3.05) is 0 Å². The Morgan fingerprint density at radius 2 is 1.50 bits per heavy atom. The zero-order chi connectivity index (χ0) is 13.9. The second kappa shape index (κ2) is 7.81. The van der Waals surface area contributed by atoms with E-state index < -0.39 is 21.2 Å². The molecule has 0 aromatic heterocycles. The van der Waals surface area contributed by atoms with Gasteiger partial charge in [0, 0.05) is 0 Å². The van der Waals surface area contributed by atoms with Gasteiger partial charge in [0.15, 0.2) is 5.75 Å². The fourth-order valence-corrected chi connectivity index (χ4v) is 3.29. The first-order chi connectivity index (χ1) is 9.01. The van der Waals surface area contributed by atoms with E-state index in [1.54, 1.807) is 18.2 Å². The smallest absolute Gasteiger partial charge is 0.740 e. The molecule has 1 atom stereocenters. The monoisotopic (exact) mass is 336 g/mol. The number of hydrogen-bond acceptors (Lipinski definition) is 5. The number of benzene rings is 2. The summed E-state index contributed by atoms with van der Waals surface area (Å²) in [5, 5.41) is 0. The summed E-state index contributed by atoms with van der Waals surface area (Å²) in [4.78, 5) is -0.117. The van der Waals surface area contributed by atoms with Crippen LogP contribution in [0.3, 0.4) is 0 Å². The van der Waals surface area contributed by atoms with Crippen molar-refractivity contribution in [3.05, 3.63) is 54.6 Å². The van der Waals surface area contributed by atoms with Gasteiger partial charge in [0.25, 0.3) is 0 Å². The van der Waals surface area contributed by atoms with E-state index in [-0.39, 0.29) is 66.9 Å². The maximum atomic E-state index is 12.4. The zero-order valence-electron chi connectivity index (χ0n) is 10.6. The third-order valence-corrected chi connectivity index (χ3v) is 4.47. The molecule has 0 aliphatic heterocycles. The van der Waals surface area contributed by atoms with Crippen LogP contribution in [0.25, 0.3) is 0 Å². The summed E-state index contributed by atoms with van der Waals surface area (Å²) in [5.41, 5.74) is 0. The van der Waals surface area contributed by atoms with Crippen molar-refractivity contribution in [3.63, 3.8) is 0 Å². The van der Waals surface area contributed by atoms with Gasteiger partial charge in [-0.25, -0.2) is 12.6 Å². The molecule has 100 valence electrons. The summed E-state index contributed by atoms with van der Waals surface area (Å²) in [7, 11) is -3.81. The topological polar surface area (TPSA) is 83.5 Å². The van der Waals surface area contributed by atoms with E-state index in [2.05, 4.69) is 4.18 Å². The molecule has 2 aromatic rings. The van der Waals surface area contributed by atoms with Crippen LogP contribution >= 0.6 is 0 Å². The molecule has 2 aromatic carbocycles. The second-order valence-electron chi connectivity index (χ2n) is 3.55. The molecule has 0 amide bonds. The molecule has 0 aliphatic rings. The van der Waals surface area contributed by atoms with Crippen LogP contribution < -0.4 is 55.6 Å². The van der Waals surface area contributed by atoms with Gasteiger partial charge in [-0.2, -0.15) is 0 Å². The summed E-state index contributed by atoms with van der Waals surface area (Å²) in [6.07, 6.45) is 0. The van der Waals surface area contributed by atoms with Crippen LogP contribution in [0, 0.1) is 0 Å². The van der Waals surface area contributed by atoms with Crippen molar-refractivity contribution in [1.82, 2.24) is 0 Å². The van der Waals surface area contributed by atoms with Gasteiger partial charge in [-0.05, 0) is 24.3 Å². The van der Waals surface area contributed by atoms with E-state index in [9.17, 15) is 17.2 Å². The van der Waals surface area contributed by atoms with E-state index in [0.717, 1.165) is 0 Å². The van der Waals surface area contributed by atoms with Gasteiger partial charge in [0.2, 0.25) is 9.84 Å². The van der Waals surface area contributed by atoms with Gasteiger partial charge in [-0.15, -0.1) is 0 Å². The molecule has 0 N–H and O–H groups in total. The average Bonchev–Trinajstić information content (AvgIpc) is 2.39. The standard InChI is InChI=1S/C12H10O5S2.K/c13-18(14)17-11-8-4-5-9-12(11)19(15,16)10-6-2-1-3-7-10;/h1-9H,(H,13,14);/q;+1/p-1. The zero-order valence-corrected chi connectivity index (χ0v) is 15.3. The molecule has 20 heavy (non-hydrogen) atoms. The van der Waals surface area contributed by atoms with Gasteiger partial charge in [0.1, 0.15) is 16.3 Å². The summed E-state index contributed by atoms with van der Waals surface area (Å²) in [5.74, 6) is -0.223. The first-order valence-corrected chi connectivity index (χ1v) is 7.67. The molecule has 0 saturated carbocycles. The SMILES string of the molecule is O=S([O-])Oc1ccccc1S(=O)(=O)c1ccccc1.[K+]. The summed E-state index contributed by atoms with van der Waals surface area (Å²) in [6, 6.07) is 13.3. The normalized spacial score (nSPS) is 12.2. The fraction of sp³-hybridized carbons (Fsp3) is 0. The predicted octanol–water partition coefficient (Wildman–Crippen LogP) is -1.30. The summed E-state index contributed by atoms with van der Waals surface area (Å²) >= 11 is -2.83. The van der Waals surface area contributed by atoms with E-state index in [4.69, 9.17) is 0 Å². The second-order valence-corrected chi connectivity index (χ2v) is 6.04. The molecule has 8 heteroatoms. The minimum atomic E-state index is -3.81. The van der Waals surface area contributed by atoms with Crippen molar-refractivity contribution >= 4 is 21.2 Å². The molecule has 0 fully saturated rings. The molecule has 0 radical (unpaired) electrons. The minimum absolute atomic E-state index is 0. The van der Waals surface area contributed by atoms with E-state index in [1.807, 2.05) is 0 Å². The molecular weight excluding hydrogens is 327 g/mol. The molecule has 5 nitrogen and oxygen atoms in total. The van der Waals surface area contributed by atoms with Crippen LogP contribution in [0.5, 0.6) is 5.75 Å².